The molecule has 0 bridgehead atoms. The van der Waals surface area contributed by atoms with Gasteiger partial charge in [-0.2, -0.15) is 0 Å². The second-order valence-corrected chi connectivity index (χ2v) is 4.04. The van der Waals surface area contributed by atoms with E-state index in [2.05, 4.69) is 5.73 Å². The molecule has 0 aliphatic rings. The quantitative estimate of drug-likeness (QED) is 0.331. The minimum Gasteiger partial charge on any atom is -0.304 e. The molecule has 0 aliphatic heterocycles. The maximum absolute atomic E-state index is 13.4. The maximum Gasteiger partial charge on any atom is 0.200 e. The molecule has 0 radical (unpaired) electrons. The van der Waals surface area contributed by atoms with Crippen LogP contribution in [-0.4, -0.2) is 6.80 Å². The Bertz CT molecular complexity index is 693. The Morgan fingerprint density at radius 1 is 0.400 bits per heavy atom. The Kier molecular flexibility index (Phi) is 6.35. The smallest absolute Gasteiger partial charge is 0.200 e. The lowest BCUT2D eigenvalue weighted by Crippen LogP contribution is -2.10. The summed E-state index contributed by atoms with van der Waals surface area (Å²) in [7, 11) is 0. The second kappa shape index (κ2) is 7.68. The summed E-state index contributed by atoms with van der Waals surface area (Å²) < 4.78 is 141. The van der Waals surface area contributed by atoms with Gasteiger partial charge in [-0.3, -0.25) is 0 Å². The molecule has 12 heteroatoms. The Hall–Kier alpha value is -2.37. The van der Waals surface area contributed by atoms with Crippen molar-refractivity contribution in [2.24, 2.45) is 5.73 Å². The molecule has 0 aliphatic carbocycles. The van der Waals surface area contributed by atoms with Crippen molar-refractivity contribution in [3.63, 3.8) is 0 Å². The first-order valence-corrected chi connectivity index (χ1v) is 5.82. The zero-order valence-electron chi connectivity index (χ0n) is 11.4. The number of hydrogen-bond donors (Lipinski definition) is 1. The first-order valence-electron chi connectivity index (χ1n) is 5.82. The van der Waals surface area contributed by atoms with Crippen molar-refractivity contribution in [3.05, 3.63) is 58.2 Å². The molecule has 2 aromatic carbocycles. The molecule has 0 unspecified atom stereocenters. The summed E-state index contributed by atoms with van der Waals surface area (Å²) in [5.41, 5.74) is -0.339. The van der Waals surface area contributed by atoms with Crippen LogP contribution in [0.4, 0.5) is 48.3 Å². The topological polar surface area (TPSA) is 26.0 Å². The predicted molar refractivity (Wildman–Crippen MR) is 61.6 cm³/mol. The van der Waals surface area contributed by atoms with Crippen LogP contribution in [0.2, 0.25) is 0 Å². The van der Waals surface area contributed by atoms with Crippen molar-refractivity contribution >= 4 is 0 Å². The monoisotopic (exact) mass is 383 g/mol. The number of hydrogen-bond acceptors (Lipinski definition) is 1. The summed E-state index contributed by atoms with van der Waals surface area (Å²) in [4.78, 5) is 0. The largest absolute Gasteiger partial charge is 0.304 e. The lowest BCUT2D eigenvalue weighted by atomic mass is 10.0. The molecule has 0 spiro atoms. The fraction of sp³-hybridized carbons (Fsp3) is 0.0769. The summed E-state index contributed by atoms with van der Waals surface area (Å²) in [5, 5.41) is 0. The first kappa shape index (κ1) is 20.7. The van der Waals surface area contributed by atoms with Gasteiger partial charge in [0.25, 0.3) is 0 Å². The van der Waals surface area contributed by atoms with Gasteiger partial charge in [0, 0.05) is 0 Å². The third-order valence-corrected chi connectivity index (χ3v) is 2.67. The van der Waals surface area contributed by atoms with Gasteiger partial charge < -0.3 is 5.73 Å². The van der Waals surface area contributed by atoms with Gasteiger partial charge in [0.05, 0.1) is 11.1 Å². The van der Waals surface area contributed by atoms with Crippen molar-refractivity contribution in [2.75, 3.05) is 6.80 Å². The van der Waals surface area contributed by atoms with Crippen LogP contribution in [0.15, 0.2) is 0 Å². The molecule has 0 saturated heterocycles. The average Bonchev–Trinajstić information content (AvgIpc) is 2.58. The number of halogens is 11. The highest BCUT2D eigenvalue weighted by Crippen LogP contribution is 2.37. The molecule has 1 nitrogen and oxygen atoms in total. The summed E-state index contributed by atoms with van der Waals surface area (Å²) in [6.45, 7) is -0.750. The number of rotatable bonds is 1. The molecule has 2 rings (SSSR count). The molecule has 2 N–H and O–H groups in total. The molecule has 25 heavy (non-hydrogen) atoms. The number of benzene rings is 2. The van der Waals surface area contributed by atoms with Crippen LogP contribution in [0.1, 0.15) is 0 Å². The SMILES string of the molecule is Fc1c(F)c(F)c(-c2c(F)c(F)c(F)c(F)c2F)c(F)c1F.NCF. The zero-order valence-corrected chi connectivity index (χ0v) is 11.4. The van der Waals surface area contributed by atoms with Crippen LogP contribution in [0, 0.1) is 58.2 Å². The van der Waals surface area contributed by atoms with Gasteiger partial charge in [-0.05, 0) is 0 Å². The Morgan fingerprint density at radius 2 is 0.520 bits per heavy atom. The van der Waals surface area contributed by atoms with Gasteiger partial charge in [-0.25, -0.2) is 48.3 Å². The fourth-order valence-corrected chi connectivity index (χ4v) is 1.65. The van der Waals surface area contributed by atoms with Crippen molar-refractivity contribution in [3.8, 4) is 11.1 Å². The number of alkyl halides is 1. The van der Waals surface area contributed by atoms with Crippen LogP contribution >= 0.6 is 0 Å². The molecular formula is C13H4F11N. The van der Waals surface area contributed by atoms with Gasteiger partial charge in [-0.1, -0.05) is 0 Å². The van der Waals surface area contributed by atoms with Crippen LogP contribution in [0.5, 0.6) is 0 Å². The van der Waals surface area contributed by atoms with Crippen molar-refractivity contribution in [1.82, 2.24) is 0 Å². The van der Waals surface area contributed by atoms with Crippen LogP contribution < -0.4 is 5.73 Å². The molecule has 0 atom stereocenters. The van der Waals surface area contributed by atoms with E-state index >= 15 is 0 Å². The van der Waals surface area contributed by atoms with Crippen molar-refractivity contribution in [1.29, 1.82) is 0 Å². The first-order chi connectivity index (χ1) is 11.5. The highest BCUT2D eigenvalue weighted by atomic mass is 19.2. The molecule has 0 saturated carbocycles. The summed E-state index contributed by atoms with van der Waals surface area (Å²) in [5.74, 6) is -26.6. The molecule has 0 amide bonds. The van der Waals surface area contributed by atoms with Crippen LogP contribution in [0.25, 0.3) is 11.1 Å². The van der Waals surface area contributed by atoms with Gasteiger partial charge in [0.1, 0.15) is 6.80 Å². The van der Waals surface area contributed by atoms with E-state index in [0.717, 1.165) is 0 Å². The van der Waals surface area contributed by atoms with E-state index in [1.165, 1.54) is 0 Å². The van der Waals surface area contributed by atoms with E-state index in [9.17, 15) is 48.3 Å². The third-order valence-electron chi connectivity index (χ3n) is 2.67. The summed E-state index contributed by atoms with van der Waals surface area (Å²) in [6.07, 6.45) is 0. The van der Waals surface area contributed by atoms with E-state index in [4.69, 9.17) is 0 Å². The summed E-state index contributed by atoms with van der Waals surface area (Å²) in [6, 6.07) is 0. The minimum absolute atomic E-state index is 0.750. The standard InChI is InChI=1S/C12F10.CH4FN/c13-3-1(4(14)8(18)11(21)7(3)17)2-5(15)9(19)12(22)10(20)6(2)16;2-1-3/h;1,3H2. The van der Waals surface area contributed by atoms with Gasteiger partial charge in [0.2, 0.25) is 11.6 Å². The molecule has 138 valence electrons. The second-order valence-electron chi connectivity index (χ2n) is 4.04. The lowest BCUT2D eigenvalue weighted by molar-refractivity contribution is 0.370. The third kappa shape index (κ3) is 3.38. The Morgan fingerprint density at radius 3 is 0.680 bits per heavy atom. The molecular weight excluding hydrogens is 379 g/mol. The van der Waals surface area contributed by atoms with Crippen LogP contribution in [0.3, 0.4) is 0 Å². The van der Waals surface area contributed by atoms with E-state index in [0.29, 0.717) is 0 Å². The van der Waals surface area contributed by atoms with Gasteiger partial charge in [0.15, 0.2) is 46.5 Å². The van der Waals surface area contributed by atoms with Crippen molar-refractivity contribution in [2.45, 2.75) is 0 Å². The molecule has 0 fully saturated rings. The normalized spacial score (nSPS) is 10.6. The Balaban J connectivity index is 0.000000970. The van der Waals surface area contributed by atoms with Crippen LogP contribution in [-0.2, 0) is 0 Å². The van der Waals surface area contributed by atoms with E-state index in [1.54, 1.807) is 0 Å². The average molecular weight is 383 g/mol. The van der Waals surface area contributed by atoms with Crippen molar-refractivity contribution < 1.29 is 48.3 Å². The molecule has 0 aromatic heterocycles. The zero-order chi connectivity index (χ0) is 19.6. The fourth-order valence-electron chi connectivity index (χ4n) is 1.65. The maximum atomic E-state index is 13.4. The molecule has 2 aromatic rings. The van der Waals surface area contributed by atoms with E-state index in [-0.39, 0.29) is 0 Å². The van der Waals surface area contributed by atoms with E-state index in [1.807, 2.05) is 0 Å². The highest BCUT2D eigenvalue weighted by Gasteiger charge is 2.34. The Labute approximate surface area is 131 Å². The summed E-state index contributed by atoms with van der Waals surface area (Å²) >= 11 is 0. The lowest BCUT2D eigenvalue weighted by Gasteiger charge is -2.11. The van der Waals surface area contributed by atoms with E-state index < -0.39 is 76.1 Å². The highest BCUT2D eigenvalue weighted by molar-refractivity contribution is 5.67. The van der Waals surface area contributed by atoms with Gasteiger partial charge >= 0.3 is 0 Å². The number of nitrogens with two attached hydrogens (primary N) is 1. The van der Waals surface area contributed by atoms with Gasteiger partial charge in [-0.15, -0.1) is 0 Å². The molecule has 0 heterocycles. The predicted octanol–water partition coefficient (Wildman–Crippen LogP) is 4.62. The minimum atomic E-state index is -2.68.